The second-order valence-corrected chi connectivity index (χ2v) is 3.90. The maximum absolute atomic E-state index is 10.5. The van der Waals surface area contributed by atoms with E-state index in [1.165, 1.54) is 12.1 Å². The molecule has 0 aliphatic carbocycles. The van der Waals surface area contributed by atoms with Crippen LogP contribution in [-0.4, -0.2) is 13.0 Å². The molecule has 0 spiro atoms. The van der Waals surface area contributed by atoms with Gasteiger partial charge in [0.25, 0.3) is 0 Å². The first-order valence-electron chi connectivity index (χ1n) is 2.92. The van der Waals surface area contributed by atoms with E-state index in [1.54, 1.807) is 0 Å². The van der Waals surface area contributed by atoms with Gasteiger partial charge in [0.2, 0.25) is 0 Å². The van der Waals surface area contributed by atoms with Crippen LogP contribution in [0.3, 0.4) is 0 Å². The number of hydrogen-bond donors (Lipinski definition) is 1. The van der Waals surface area contributed by atoms with E-state index in [9.17, 15) is 13.0 Å². The number of rotatable bonds is 1. The molecule has 1 aromatic rings. The molecule has 0 amide bonds. The standard InChI is InChI=1S/C6H6ClNO3S.K/c7-5-3-4(8)1-2-6(5)12(9,10)11;/h1-3H,8H2,(H,9,10,11);/q;+1/p-1. The monoisotopic (exact) mass is 245 g/mol. The summed E-state index contributed by atoms with van der Waals surface area (Å²) < 4.78 is 31.5. The van der Waals surface area contributed by atoms with E-state index in [1.807, 2.05) is 0 Å². The fourth-order valence-corrected chi connectivity index (χ4v) is 1.72. The van der Waals surface area contributed by atoms with Crippen LogP contribution in [0, 0.1) is 0 Å². The summed E-state index contributed by atoms with van der Waals surface area (Å²) in [6.45, 7) is 0. The molecule has 0 aliphatic heterocycles. The van der Waals surface area contributed by atoms with Crippen LogP contribution >= 0.6 is 11.6 Å². The minimum absolute atomic E-state index is 0. The van der Waals surface area contributed by atoms with Crippen LogP contribution < -0.4 is 57.1 Å². The van der Waals surface area contributed by atoms with E-state index < -0.39 is 15.0 Å². The second-order valence-electron chi connectivity index (χ2n) is 2.14. The van der Waals surface area contributed by atoms with Crippen molar-refractivity contribution in [3.8, 4) is 0 Å². The summed E-state index contributed by atoms with van der Waals surface area (Å²) in [5.41, 5.74) is 5.60. The average Bonchev–Trinajstić information content (AvgIpc) is 1.83. The second kappa shape index (κ2) is 5.08. The predicted octanol–water partition coefficient (Wildman–Crippen LogP) is -2.17. The van der Waals surface area contributed by atoms with Gasteiger partial charge in [0, 0.05) is 5.69 Å². The van der Waals surface area contributed by atoms with Gasteiger partial charge in [-0.2, -0.15) is 0 Å². The van der Waals surface area contributed by atoms with Gasteiger partial charge in [-0.05, 0) is 18.2 Å². The van der Waals surface area contributed by atoms with Gasteiger partial charge in [0.05, 0.1) is 9.92 Å². The first-order chi connectivity index (χ1) is 5.41. The zero-order chi connectivity index (χ0) is 9.35. The molecule has 13 heavy (non-hydrogen) atoms. The fraction of sp³-hybridized carbons (Fsp3) is 0. The van der Waals surface area contributed by atoms with Crippen LogP contribution in [0.25, 0.3) is 0 Å². The van der Waals surface area contributed by atoms with Gasteiger partial charge in [-0.15, -0.1) is 0 Å². The van der Waals surface area contributed by atoms with Crippen molar-refractivity contribution >= 4 is 27.4 Å². The third-order valence-electron chi connectivity index (χ3n) is 1.23. The topological polar surface area (TPSA) is 83.2 Å². The predicted molar refractivity (Wildman–Crippen MR) is 43.8 cm³/mol. The Morgan fingerprint density at radius 1 is 1.38 bits per heavy atom. The minimum atomic E-state index is -4.49. The Labute approximate surface area is 124 Å². The molecule has 7 heteroatoms. The number of anilines is 1. The van der Waals surface area contributed by atoms with Gasteiger partial charge in [0.1, 0.15) is 10.1 Å². The summed E-state index contributed by atoms with van der Waals surface area (Å²) >= 11 is 5.45. The Hall–Kier alpha value is 0.856. The zero-order valence-corrected chi connectivity index (χ0v) is 11.5. The van der Waals surface area contributed by atoms with Crippen LogP contribution in [0.4, 0.5) is 5.69 Å². The van der Waals surface area contributed by atoms with Crippen molar-refractivity contribution in [3.05, 3.63) is 23.2 Å². The Morgan fingerprint density at radius 3 is 2.31 bits per heavy atom. The summed E-state index contributed by atoms with van der Waals surface area (Å²) in [6, 6.07) is 3.60. The first kappa shape index (κ1) is 13.9. The summed E-state index contributed by atoms with van der Waals surface area (Å²) in [5.74, 6) is 0. The molecule has 1 rings (SSSR count). The maximum atomic E-state index is 10.5. The quantitative estimate of drug-likeness (QED) is 0.347. The van der Waals surface area contributed by atoms with E-state index in [-0.39, 0.29) is 56.4 Å². The molecule has 0 saturated carbocycles. The van der Waals surface area contributed by atoms with Gasteiger partial charge in [0.15, 0.2) is 0 Å². The SMILES string of the molecule is Nc1ccc(S(=O)(=O)[O-])c(Cl)c1.[K+]. The fourth-order valence-electron chi connectivity index (χ4n) is 0.720. The molecule has 0 saturated heterocycles. The van der Waals surface area contributed by atoms with Gasteiger partial charge < -0.3 is 10.3 Å². The molecule has 4 nitrogen and oxygen atoms in total. The van der Waals surface area contributed by atoms with Crippen molar-refractivity contribution < 1.29 is 64.4 Å². The molecule has 0 aromatic heterocycles. The number of nitrogen functional groups attached to an aromatic ring is 1. The molecule has 2 N–H and O–H groups in total. The van der Waals surface area contributed by atoms with E-state index in [4.69, 9.17) is 17.3 Å². The van der Waals surface area contributed by atoms with E-state index in [2.05, 4.69) is 0 Å². The van der Waals surface area contributed by atoms with Gasteiger partial charge in [-0.3, -0.25) is 0 Å². The van der Waals surface area contributed by atoms with Crippen molar-refractivity contribution in [1.82, 2.24) is 0 Å². The molecule has 0 bridgehead atoms. The Balaban J connectivity index is 0.00000144. The Kier molecular flexibility index (Phi) is 5.42. The number of hydrogen-bond acceptors (Lipinski definition) is 4. The zero-order valence-electron chi connectivity index (χ0n) is 6.82. The van der Waals surface area contributed by atoms with Crippen LogP contribution in [0.1, 0.15) is 0 Å². The number of nitrogens with two attached hydrogens (primary N) is 1. The largest absolute Gasteiger partial charge is 1.00 e. The van der Waals surface area contributed by atoms with Gasteiger partial charge in [-0.1, -0.05) is 11.6 Å². The van der Waals surface area contributed by atoms with E-state index in [0.717, 1.165) is 6.07 Å². The number of benzene rings is 1. The molecule has 0 radical (unpaired) electrons. The van der Waals surface area contributed by atoms with Crippen molar-refractivity contribution in [2.45, 2.75) is 4.90 Å². The van der Waals surface area contributed by atoms with Crippen LogP contribution in [0.15, 0.2) is 23.1 Å². The Morgan fingerprint density at radius 2 is 1.92 bits per heavy atom. The van der Waals surface area contributed by atoms with Crippen molar-refractivity contribution in [2.24, 2.45) is 0 Å². The van der Waals surface area contributed by atoms with Crippen molar-refractivity contribution in [2.75, 3.05) is 5.73 Å². The third kappa shape index (κ3) is 3.84. The normalized spacial score (nSPS) is 10.6. The van der Waals surface area contributed by atoms with Crippen LogP contribution in [0.2, 0.25) is 5.02 Å². The van der Waals surface area contributed by atoms with Crippen molar-refractivity contribution in [3.63, 3.8) is 0 Å². The molecule has 1 aromatic carbocycles. The van der Waals surface area contributed by atoms with Crippen molar-refractivity contribution in [1.29, 1.82) is 0 Å². The van der Waals surface area contributed by atoms with E-state index in [0.29, 0.717) is 5.69 Å². The molecule has 0 fully saturated rings. The molecule has 0 unspecified atom stereocenters. The van der Waals surface area contributed by atoms with Gasteiger partial charge >= 0.3 is 51.4 Å². The molecule has 66 valence electrons. The molecule has 0 aliphatic rings. The smallest absolute Gasteiger partial charge is 0.744 e. The van der Waals surface area contributed by atoms with E-state index >= 15 is 0 Å². The maximum Gasteiger partial charge on any atom is 1.00 e. The van der Waals surface area contributed by atoms with Gasteiger partial charge in [-0.25, -0.2) is 8.42 Å². The summed E-state index contributed by atoms with van der Waals surface area (Å²) in [4.78, 5) is -0.446. The molecule has 0 atom stereocenters. The van der Waals surface area contributed by atoms with Crippen LogP contribution in [0.5, 0.6) is 0 Å². The minimum Gasteiger partial charge on any atom is -0.744 e. The average molecular weight is 246 g/mol. The van der Waals surface area contributed by atoms with Crippen LogP contribution in [-0.2, 0) is 10.1 Å². The Bertz CT molecular complexity index is 406. The number of halogens is 1. The molecule has 0 heterocycles. The molecular formula is C6H5ClKNO3S. The first-order valence-corrected chi connectivity index (χ1v) is 4.71. The summed E-state index contributed by atoms with van der Waals surface area (Å²) in [5, 5.41) is -0.148. The summed E-state index contributed by atoms with van der Waals surface area (Å²) in [6.07, 6.45) is 0. The molecular weight excluding hydrogens is 241 g/mol. The third-order valence-corrected chi connectivity index (χ3v) is 2.54. The summed E-state index contributed by atoms with van der Waals surface area (Å²) in [7, 11) is -4.49.